The smallest absolute Gasteiger partial charge is 0.325 e. The highest BCUT2D eigenvalue weighted by Crippen LogP contribution is 2.40. The average Bonchev–Trinajstić information content (AvgIpc) is 2.81. The molecule has 2 heterocycles. The fourth-order valence-electron chi connectivity index (χ4n) is 2.97. The number of amides is 4. The van der Waals surface area contributed by atoms with Crippen LogP contribution in [-0.4, -0.2) is 42.4 Å². The molecule has 2 aliphatic heterocycles. The molecule has 2 N–H and O–H groups in total. The summed E-state index contributed by atoms with van der Waals surface area (Å²) >= 11 is 0. The normalized spacial score (nSPS) is 21.7. The second kappa shape index (κ2) is 6.20. The predicted octanol–water partition coefficient (Wildman–Crippen LogP) is 0.246. The molecule has 0 saturated carbocycles. The van der Waals surface area contributed by atoms with Crippen molar-refractivity contribution in [3.05, 3.63) is 29.8 Å². The molecule has 8 heteroatoms. The van der Waals surface area contributed by atoms with Crippen molar-refractivity contribution in [2.45, 2.75) is 18.4 Å². The minimum Gasteiger partial charge on any atom is -0.493 e. The lowest BCUT2D eigenvalue weighted by molar-refractivity contribution is -0.136. The lowest BCUT2D eigenvalue weighted by Crippen LogP contribution is -2.48. The molecule has 1 saturated heterocycles. The summed E-state index contributed by atoms with van der Waals surface area (Å²) in [6, 6.07) is 8.34. The lowest BCUT2D eigenvalue weighted by Gasteiger charge is -2.33. The largest absolute Gasteiger partial charge is 0.493 e. The Hall–Kier alpha value is -3.08. The molecule has 3 rings (SSSR count). The van der Waals surface area contributed by atoms with Gasteiger partial charge in [-0.15, -0.1) is 0 Å². The SMILES string of the molecule is N#CCCNC(=O)CN1C(=O)NC2(CCOc3ccccc32)C1=O. The van der Waals surface area contributed by atoms with E-state index in [-0.39, 0.29) is 19.5 Å². The van der Waals surface area contributed by atoms with Gasteiger partial charge in [0.1, 0.15) is 12.3 Å². The summed E-state index contributed by atoms with van der Waals surface area (Å²) < 4.78 is 5.54. The van der Waals surface area contributed by atoms with Crippen LogP contribution in [0.4, 0.5) is 4.79 Å². The van der Waals surface area contributed by atoms with Crippen molar-refractivity contribution in [1.29, 1.82) is 5.26 Å². The molecular weight excluding hydrogens is 312 g/mol. The van der Waals surface area contributed by atoms with Crippen LogP contribution in [0, 0.1) is 11.3 Å². The number of nitrogens with one attached hydrogen (secondary N) is 2. The van der Waals surface area contributed by atoms with Gasteiger partial charge in [-0.25, -0.2) is 4.79 Å². The van der Waals surface area contributed by atoms with E-state index in [2.05, 4.69) is 10.6 Å². The van der Waals surface area contributed by atoms with Gasteiger partial charge in [0.2, 0.25) is 5.91 Å². The van der Waals surface area contributed by atoms with E-state index < -0.39 is 23.4 Å². The number of ether oxygens (including phenoxy) is 1. The maximum absolute atomic E-state index is 12.9. The molecule has 0 bridgehead atoms. The van der Waals surface area contributed by atoms with Crippen LogP contribution in [-0.2, 0) is 15.1 Å². The Bertz CT molecular complexity index is 742. The summed E-state index contributed by atoms with van der Waals surface area (Å²) in [7, 11) is 0. The molecule has 1 atom stereocenters. The molecule has 1 spiro atoms. The first kappa shape index (κ1) is 15.8. The van der Waals surface area contributed by atoms with Gasteiger partial charge in [-0.1, -0.05) is 18.2 Å². The number of imide groups is 1. The molecule has 1 unspecified atom stereocenters. The van der Waals surface area contributed by atoms with Gasteiger partial charge in [-0.2, -0.15) is 5.26 Å². The van der Waals surface area contributed by atoms with E-state index in [1.54, 1.807) is 24.3 Å². The van der Waals surface area contributed by atoms with Gasteiger partial charge in [0, 0.05) is 18.5 Å². The van der Waals surface area contributed by atoms with Crippen LogP contribution >= 0.6 is 0 Å². The lowest BCUT2D eigenvalue weighted by atomic mass is 9.84. The number of rotatable bonds is 4. The zero-order valence-corrected chi connectivity index (χ0v) is 12.9. The number of carbonyl (C=O) groups is 3. The highest BCUT2D eigenvalue weighted by molar-refractivity contribution is 6.09. The molecule has 0 radical (unpaired) electrons. The number of urea groups is 1. The van der Waals surface area contributed by atoms with Gasteiger partial charge in [0.15, 0.2) is 5.54 Å². The van der Waals surface area contributed by atoms with Crippen LogP contribution < -0.4 is 15.4 Å². The van der Waals surface area contributed by atoms with Gasteiger partial charge in [-0.3, -0.25) is 14.5 Å². The maximum Gasteiger partial charge on any atom is 0.325 e. The zero-order valence-electron chi connectivity index (χ0n) is 12.9. The van der Waals surface area contributed by atoms with Crippen molar-refractivity contribution in [2.75, 3.05) is 19.7 Å². The first-order valence-electron chi connectivity index (χ1n) is 7.58. The Morgan fingerprint density at radius 3 is 3.00 bits per heavy atom. The van der Waals surface area contributed by atoms with Crippen LogP contribution in [0.15, 0.2) is 24.3 Å². The molecular formula is C16H16N4O4. The highest BCUT2D eigenvalue weighted by atomic mass is 16.5. The number of hydrogen-bond acceptors (Lipinski definition) is 5. The number of nitriles is 1. The number of para-hydroxylation sites is 1. The second-order valence-electron chi connectivity index (χ2n) is 5.58. The molecule has 24 heavy (non-hydrogen) atoms. The first-order valence-corrected chi connectivity index (χ1v) is 7.58. The van der Waals surface area contributed by atoms with Crippen LogP contribution in [0.1, 0.15) is 18.4 Å². The van der Waals surface area contributed by atoms with E-state index in [1.165, 1.54) is 0 Å². The average molecular weight is 328 g/mol. The molecule has 1 aromatic carbocycles. The third-order valence-electron chi connectivity index (χ3n) is 4.12. The third-order valence-corrected chi connectivity index (χ3v) is 4.12. The molecule has 0 aromatic heterocycles. The summed E-state index contributed by atoms with van der Waals surface area (Å²) in [6.07, 6.45) is 0.474. The van der Waals surface area contributed by atoms with E-state index in [9.17, 15) is 14.4 Å². The van der Waals surface area contributed by atoms with Crippen molar-refractivity contribution in [1.82, 2.24) is 15.5 Å². The Morgan fingerprint density at radius 2 is 2.21 bits per heavy atom. The molecule has 124 valence electrons. The minimum atomic E-state index is -1.18. The number of fused-ring (bicyclic) bond motifs is 2. The number of hydrogen-bond donors (Lipinski definition) is 2. The summed E-state index contributed by atoms with van der Waals surface area (Å²) in [5, 5.41) is 13.7. The van der Waals surface area contributed by atoms with E-state index in [1.807, 2.05) is 6.07 Å². The maximum atomic E-state index is 12.9. The number of nitrogens with zero attached hydrogens (tertiary/aromatic N) is 2. The molecule has 2 aliphatic rings. The molecule has 0 aliphatic carbocycles. The number of carbonyl (C=O) groups excluding carboxylic acids is 3. The quantitative estimate of drug-likeness (QED) is 0.608. The van der Waals surface area contributed by atoms with Crippen LogP contribution in [0.3, 0.4) is 0 Å². The van der Waals surface area contributed by atoms with E-state index in [0.717, 1.165) is 4.90 Å². The fraction of sp³-hybridized carbons (Fsp3) is 0.375. The Kier molecular flexibility index (Phi) is 4.08. The summed E-state index contributed by atoms with van der Waals surface area (Å²) in [4.78, 5) is 37.9. The van der Waals surface area contributed by atoms with Crippen LogP contribution in [0.2, 0.25) is 0 Å². The van der Waals surface area contributed by atoms with Crippen LogP contribution in [0.25, 0.3) is 0 Å². The van der Waals surface area contributed by atoms with Gasteiger partial charge >= 0.3 is 6.03 Å². The van der Waals surface area contributed by atoms with Gasteiger partial charge in [0.25, 0.3) is 5.91 Å². The highest BCUT2D eigenvalue weighted by Gasteiger charge is 2.55. The van der Waals surface area contributed by atoms with Crippen molar-refractivity contribution in [2.24, 2.45) is 0 Å². The minimum absolute atomic E-state index is 0.167. The fourth-order valence-corrected chi connectivity index (χ4v) is 2.97. The molecule has 8 nitrogen and oxygen atoms in total. The van der Waals surface area contributed by atoms with Crippen molar-refractivity contribution in [3.8, 4) is 11.8 Å². The topological polar surface area (TPSA) is 112 Å². The zero-order chi connectivity index (χ0) is 17.2. The summed E-state index contributed by atoms with van der Waals surface area (Å²) in [6.45, 7) is 0.104. The molecule has 1 aromatic rings. The summed E-state index contributed by atoms with van der Waals surface area (Å²) in [5.74, 6) is -0.387. The van der Waals surface area contributed by atoms with Crippen molar-refractivity contribution in [3.63, 3.8) is 0 Å². The second-order valence-corrected chi connectivity index (χ2v) is 5.58. The third kappa shape index (κ3) is 2.54. The van der Waals surface area contributed by atoms with Gasteiger partial charge in [0.05, 0.1) is 19.1 Å². The Labute approximate surface area is 138 Å². The van der Waals surface area contributed by atoms with E-state index >= 15 is 0 Å². The number of benzene rings is 1. The monoisotopic (exact) mass is 328 g/mol. The van der Waals surface area contributed by atoms with E-state index in [0.29, 0.717) is 24.3 Å². The van der Waals surface area contributed by atoms with Gasteiger partial charge < -0.3 is 15.4 Å². The standard InChI is InChI=1S/C16H16N4O4/c17-7-3-8-18-13(21)10-20-14(22)16(19-15(20)23)6-9-24-12-5-2-1-4-11(12)16/h1-2,4-5H,3,6,8-10H2,(H,18,21)(H,19,23). The van der Waals surface area contributed by atoms with Gasteiger partial charge in [-0.05, 0) is 6.07 Å². The Balaban J connectivity index is 1.80. The molecule has 4 amide bonds. The molecule has 1 fully saturated rings. The Morgan fingerprint density at radius 1 is 1.42 bits per heavy atom. The van der Waals surface area contributed by atoms with Crippen molar-refractivity contribution < 1.29 is 19.1 Å². The van der Waals surface area contributed by atoms with Crippen LogP contribution in [0.5, 0.6) is 5.75 Å². The van der Waals surface area contributed by atoms with Crippen molar-refractivity contribution >= 4 is 17.8 Å². The summed E-state index contributed by atoms with van der Waals surface area (Å²) in [5.41, 5.74) is -0.583. The predicted molar refractivity (Wildman–Crippen MR) is 81.7 cm³/mol. The van der Waals surface area contributed by atoms with E-state index in [4.69, 9.17) is 10.00 Å². The first-order chi connectivity index (χ1) is 11.6.